The second-order valence-corrected chi connectivity index (χ2v) is 3.87. The average Bonchev–Trinajstić information content (AvgIpc) is 2.34. The maximum absolute atomic E-state index is 11.4. The molecule has 0 saturated heterocycles. The SMILES string of the molecule is CC1CC(=O)C2=C(CCC2)C1. The Morgan fingerprint density at radius 1 is 1.27 bits per heavy atom. The second-order valence-electron chi connectivity index (χ2n) is 3.87. The van der Waals surface area contributed by atoms with Gasteiger partial charge in [-0.05, 0) is 37.2 Å². The summed E-state index contributed by atoms with van der Waals surface area (Å²) in [5.74, 6) is 1.05. The molecule has 0 bridgehead atoms. The lowest BCUT2D eigenvalue weighted by atomic mass is 9.85. The third-order valence-electron chi connectivity index (χ3n) is 2.80. The highest BCUT2D eigenvalue weighted by atomic mass is 16.1. The minimum Gasteiger partial charge on any atom is -0.295 e. The number of rotatable bonds is 0. The van der Waals surface area contributed by atoms with Crippen molar-refractivity contribution in [2.75, 3.05) is 0 Å². The number of allylic oxidation sites excluding steroid dienone is 2. The molecule has 0 amide bonds. The molecule has 0 spiro atoms. The molecule has 2 aliphatic rings. The monoisotopic (exact) mass is 150 g/mol. The number of carbonyl (C=O) groups excluding carboxylic acids is 1. The van der Waals surface area contributed by atoms with E-state index in [0.29, 0.717) is 11.7 Å². The highest BCUT2D eigenvalue weighted by Crippen LogP contribution is 2.37. The lowest BCUT2D eigenvalue weighted by Crippen LogP contribution is -2.14. The Balaban J connectivity index is 2.28. The topological polar surface area (TPSA) is 17.1 Å². The summed E-state index contributed by atoms with van der Waals surface area (Å²) in [7, 11) is 0. The van der Waals surface area contributed by atoms with Gasteiger partial charge in [-0.25, -0.2) is 0 Å². The maximum Gasteiger partial charge on any atom is 0.159 e. The van der Waals surface area contributed by atoms with Gasteiger partial charge in [0.2, 0.25) is 0 Å². The van der Waals surface area contributed by atoms with Crippen LogP contribution >= 0.6 is 0 Å². The van der Waals surface area contributed by atoms with Gasteiger partial charge >= 0.3 is 0 Å². The summed E-state index contributed by atoms with van der Waals surface area (Å²) in [6.07, 6.45) is 5.50. The first kappa shape index (κ1) is 7.08. The summed E-state index contributed by atoms with van der Waals surface area (Å²) in [5.41, 5.74) is 2.68. The van der Waals surface area contributed by atoms with Crippen LogP contribution in [0.4, 0.5) is 0 Å². The van der Waals surface area contributed by atoms with Crippen LogP contribution in [0.25, 0.3) is 0 Å². The van der Waals surface area contributed by atoms with Gasteiger partial charge in [0.1, 0.15) is 0 Å². The Kier molecular flexibility index (Phi) is 1.59. The van der Waals surface area contributed by atoms with E-state index in [1.807, 2.05) is 0 Å². The van der Waals surface area contributed by atoms with Crippen LogP contribution in [-0.4, -0.2) is 5.78 Å². The summed E-state index contributed by atoms with van der Waals surface area (Å²) in [4.78, 5) is 11.4. The Morgan fingerprint density at radius 3 is 2.91 bits per heavy atom. The zero-order valence-corrected chi connectivity index (χ0v) is 7.02. The van der Waals surface area contributed by atoms with E-state index in [4.69, 9.17) is 0 Å². The van der Waals surface area contributed by atoms with Gasteiger partial charge in [0.15, 0.2) is 5.78 Å². The van der Waals surface area contributed by atoms with E-state index in [9.17, 15) is 4.79 Å². The number of ketones is 1. The molecule has 1 unspecified atom stereocenters. The molecule has 0 N–H and O–H groups in total. The van der Waals surface area contributed by atoms with E-state index in [2.05, 4.69) is 6.92 Å². The summed E-state index contributed by atoms with van der Waals surface area (Å²) in [6, 6.07) is 0. The molecule has 0 aliphatic heterocycles. The molecule has 1 nitrogen and oxygen atoms in total. The number of Topliss-reactive ketones (excluding diaryl/α,β-unsaturated/α-hetero) is 1. The van der Waals surface area contributed by atoms with E-state index in [1.165, 1.54) is 30.4 Å². The van der Waals surface area contributed by atoms with Crippen LogP contribution < -0.4 is 0 Å². The molecule has 0 saturated carbocycles. The molecule has 2 aliphatic carbocycles. The molecule has 0 aromatic heterocycles. The van der Waals surface area contributed by atoms with Gasteiger partial charge in [0.25, 0.3) is 0 Å². The minimum atomic E-state index is 0.441. The van der Waals surface area contributed by atoms with Crippen molar-refractivity contribution in [2.45, 2.75) is 39.0 Å². The summed E-state index contributed by atoms with van der Waals surface area (Å²) in [5, 5.41) is 0. The maximum atomic E-state index is 11.4. The van der Waals surface area contributed by atoms with E-state index in [-0.39, 0.29) is 0 Å². The summed E-state index contributed by atoms with van der Waals surface area (Å²) >= 11 is 0. The number of hydrogen-bond donors (Lipinski definition) is 0. The van der Waals surface area contributed by atoms with Crippen molar-refractivity contribution in [2.24, 2.45) is 5.92 Å². The highest BCUT2D eigenvalue weighted by molar-refractivity contribution is 5.97. The zero-order valence-electron chi connectivity index (χ0n) is 7.02. The van der Waals surface area contributed by atoms with Gasteiger partial charge in [-0.3, -0.25) is 4.79 Å². The zero-order chi connectivity index (χ0) is 7.84. The predicted octanol–water partition coefficient (Wildman–Crippen LogP) is 2.47. The van der Waals surface area contributed by atoms with E-state index >= 15 is 0 Å². The quantitative estimate of drug-likeness (QED) is 0.518. The van der Waals surface area contributed by atoms with Gasteiger partial charge in [-0.1, -0.05) is 12.5 Å². The molecular weight excluding hydrogens is 136 g/mol. The highest BCUT2D eigenvalue weighted by Gasteiger charge is 2.27. The van der Waals surface area contributed by atoms with E-state index < -0.39 is 0 Å². The number of hydrogen-bond acceptors (Lipinski definition) is 1. The molecule has 0 fully saturated rings. The Morgan fingerprint density at radius 2 is 2.09 bits per heavy atom. The minimum absolute atomic E-state index is 0.441. The van der Waals surface area contributed by atoms with Crippen molar-refractivity contribution in [3.05, 3.63) is 11.1 Å². The van der Waals surface area contributed by atoms with E-state index in [1.54, 1.807) is 0 Å². The van der Waals surface area contributed by atoms with Crippen molar-refractivity contribution in [3.63, 3.8) is 0 Å². The van der Waals surface area contributed by atoms with Crippen molar-refractivity contribution in [3.8, 4) is 0 Å². The van der Waals surface area contributed by atoms with Crippen LogP contribution in [0.15, 0.2) is 11.1 Å². The lowest BCUT2D eigenvalue weighted by molar-refractivity contribution is -0.116. The van der Waals surface area contributed by atoms with Crippen LogP contribution in [0.5, 0.6) is 0 Å². The molecular formula is C10H14O. The van der Waals surface area contributed by atoms with Crippen molar-refractivity contribution >= 4 is 5.78 Å². The van der Waals surface area contributed by atoms with Crippen LogP contribution in [0.1, 0.15) is 39.0 Å². The molecule has 60 valence electrons. The van der Waals surface area contributed by atoms with E-state index in [0.717, 1.165) is 12.8 Å². The van der Waals surface area contributed by atoms with Crippen LogP contribution in [0, 0.1) is 5.92 Å². The largest absolute Gasteiger partial charge is 0.295 e. The number of carbonyl (C=O) groups is 1. The molecule has 0 heterocycles. The standard InChI is InChI=1S/C10H14O/c1-7-5-8-3-2-4-9(8)10(11)6-7/h7H,2-6H2,1H3. The fourth-order valence-electron chi connectivity index (χ4n) is 2.30. The predicted molar refractivity (Wildman–Crippen MR) is 44.3 cm³/mol. The Labute approximate surface area is 67.5 Å². The van der Waals surface area contributed by atoms with Crippen molar-refractivity contribution < 1.29 is 4.79 Å². The first-order valence-corrected chi connectivity index (χ1v) is 4.51. The smallest absolute Gasteiger partial charge is 0.159 e. The molecule has 2 rings (SSSR count). The van der Waals surface area contributed by atoms with Crippen LogP contribution in [0.2, 0.25) is 0 Å². The van der Waals surface area contributed by atoms with Gasteiger partial charge in [0, 0.05) is 6.42 Å². The molecule has 0 aromatic rings. The molecule has 1 atom stereocenters. The normalized spacial score (nSPS) is 31.0. The first-order valence-electron chi connectivity index (χ1n) is 4.51. The Bertz CT molecular complexity index is 225. The third-order valence-corrected chi connectivity index (χ3v) is 2.80. The molecule has 0 aromatic carbocycles. The van der Waals surface area contributed by atoms with Gasteiger partial charge in [-0.15, -0.1) is 0 Å². The van der Waals surface area contributed by atoms with Gasteiger partial charge in [0.05, 0.1) is 0 Å². The summed E-state index contributed by atoms with van der Waals surface area (Å²) in [6.45, 7) is 2.18. The molecule has 11 heavy (non-hydrogen) atoms. The fourth-order valence-corrected chi connectivity index (χ4v) is 2.30. The Hall–Kier alpha value is -0.590. The first-order chi connectivity index (χ1) is 5.27. The second kappa shape index (κ2) is 2.47. The third kappa shape index (κ3) is 1.13. The summed E-state index contributed by atoms with van der Waals surface area (Å²) < 4.78 is 0. The van der Waals surface area contributed by atoms with Crippen LogP contribution in [0.3, 0.4) is 0 Å². The molecule has 0 radical (unpaired) electrons. The van der Waals surface area contributed by atoms with Gasteiger partial charge in [-0.2, -0.15) is 0 Å². The average molecular weight is 150 g/mol. The van der Waals surface area contributed by atoms with Gasteiger partial charge < -0.3 is 0 Å². The lowest BCUT2D eigenvalue weighted by Gasteiger charge is -2.18. The van der Waals surface area contributed by atoms with Crippen molar-refractivity contribution in [1.29, 1.82) is 0 Å². The van der Waals surface area contributed by atoms with Crippen LogP contribution in [-0.2, 0) is 4.79 Å². The fraction of sp³-hybridized carbons (Fsp3) is 0.700. The molecule has 1 heteroatoms. The van der Waals surface area contributed by atoms with Crippen molar-refractivity contribution in [1.82, 2.24) is 0 Å².